The largest absolute Gasteiger partial charge is 0.335 e. The Hall–Kier alpha value is -2.65. The summed E-state index contributed by atoms with van der Waals surface area (Å²) in [6, 6.07) is 2.34. The van der Waals surface area contributed by atoms with Crippen LogP contribution < -0.4 is 5.73 Å². The van der Waals surface area contributed by atoms with E-state index in [9.17, 15) is 0 Å². The Morgan fingerprint density at radius 3 is 2.74 bits per heavy atom. The summed E-state index contributed by atoms with van der Waals surface area (Å²) in [4.78, 5) is 7.67. The highest BCUT2D eigenvalue weighted by Crippen LogP contribution is 2.51. The number of hydrogen-bond acceptors (Lipinski definition) is 3. The van der Waals surface area contributed by atoms with E-state index in [0.29, 0.717) is 5.92 Å². The summed E-state index contributed by atoms with van der Waals surface area (Å²) in [7, 11) is 0. The van der Waals surface area contributed by atoms with Crippen molar-refractivity contribution in [2.45, 2.75) is 65.5 Å². The van der Waals surface area contributed by atoms with Crippen molar-refractivity contribution in [1.82, 2.24) is 9.88 Å². The maximum absolute atomic E-state index is 6.76. The minimum atomic E-state index is 0.0785. The Labute approximate surface area is 185 Å². The van der Waals surface area contributed by atoms with Crippen molar-refractivity contribution in [1.29, 1.82) is 0 Å². The number of fused-ring (bicyclic) bond motifs is 4. The first-order valence-corrected chi connectivity index (χ1v) is 11.7. The Balaban J connectivity index is 1.63. The zero-order chi connectivity index (χ0) is 21.6. The van der Waals surface area contributed by atoms with E-state index in [1.165, 1.54) is 55.6 Å². The minimum absolute atomic E-state index is 0.0785. The lowest BCUT2D eigenvalue weighted by Gasteiger charge is -2.37. The van der Waals surface area contributed by atoms with Gasteiger partial charge >= 0.3 is 0 Å². The van der Waals surface area contributed by atoms with Gasteiger partial charge in [-0.25, -0.2) is 4.98 Å². The predicted octanol–water partition coefficient (Wildman–Crippen LogP) is 6.15. The van der Waals surface area contributed by atoms with Crippen molar-refractivity contribution in [2.75, 3.05) is 0 Å². The minimum Gasteiger partial charge on any atom is -0.335 e. The third-order valence-electron chi connectivity index (χ3n) is 8.28. The van der Waals surface area contributed by atoms with Crippen LogP contribution in [0, 0.1) is 19.8 Å². The lowest BCUT2D eigenvalue weighted by molar-refractivity contribution is 0.486. The summed E-state index contributed by atoms with van der Waals surface area (Å²) < 4.78 is 0. The maximum Gasteiger partial charge on any atom is 0.0927 e. The summed E-state index contributed by atoms with van der Waals surface area (Å²) >= 11 is 0. The fourth-order valence-electron chi connectivity index (χ4n) is 6.47. The van der Waals surface area contributed by atoms with Gasteiger partial charge in [0.15, 0.2) is 0 Å². The molecule has 0 saturated carbocycles. The fraction of sp³-hybridized carbons (Fsp3) is 0.393. The van der Waals surface area contributed by atoms with Crippen molar-refractivity contribution in [3.8, 4) is 0 Å². The molecule has 4 aliphatic rings. The van der Waals surface area contributed by atoms with E-state index in [0.717, 1.165) is 55.6 Å². The van der Waals surface area contributed by atoms with Crippen molar-refractivity contribution >= 4 is 16.6 Å². The molecule has 6 rings (SSSR count). The molecule has 0 fully saturated rings. The van der Waals surface area contributed by atoms with Crippen LogP contribution in [0.2, 0.25) is 0 Å². The number of nitrogens with two attached hydrogens (primary N) is 1. The number of pyridine rings is 1. The Bertz CT molecular complexity index is 1270. The van der Waals surface area contributed by atoms with E-state index in [1.807, 2.05) is 0 Å². The molecule has 2 unspecified atom stereocenters. The monoisotopic (exact) mass is 409 g/mol. The molecule has 2 aliphatic carbocycles. The van der Waals surface area contributed by atoms with Crippen molar-refractivity contribution < 1.29 is 0 Å². The highest BCUT2D eigenvalue weighted by atomic mass is 15.2. The molecule has 2 aliphatic heterocycles. The molecule has 1 aromatic heterocycles. The predicted molar refractivity (Wildman–Crippen MR) is 128 cm³/mol. The topological polar surface area (TPSA) is 42.2 Å². The summed E-state index contributed by atoms with van der Waals surface area (Å²) in [6.45, 7) is 16.5. The average molecular weight is 410 g/mol. The second-order valence-corrected chi connectivity index (χ2v) is 9.80. The first kappa shape index (κ1) is 19.1. The fourth-order valence-corrected chi connectivity index (χ4v) is 6.47. The number of hydrogen-bond donors (Lipinski definition) is 1. The molecule has 2 atom stereocenters. The molecule has 0 bridgehead atoms. The zero-order valence-electron chi connectivity index (χ0n) is 18.9. The molecule has 0 amide bonds. The number of aryl methyl sites for hydroxylation is 2. The van der Waals surface area contributed by atoms with Crippen molar-refractivity contribution in [2.24, 2.45) is 11.7 Å². The SMILES string of the molecule is C=C1CCC2=C(C=C3c4nc5cc(C)c(C)c6c5c(c4CN3C2=C)C(N)CC6)C1CC. The molecule has 2 aromatic rings. The standard InChI is InChI=1S/C28H31N3/c1-6-18-14(2)7-8-20-17(5)31-13-22-26-23(29)10-9-19-16(4)15(3)11-24(27(19)26)30-28(22)25(31)12-21(18)20/h11-12,18,23H,2,5-10,13,29H2,1,3-4H3. The molecule has 0 radical (unpaired) electrons. The van der Waals surface area contributed by atoms with Gasteiger partial charge in [0.25, 0.3) is 0 Å². The van der Waals surface area contributed by atoms with Crippen LogP contribution in [-0.4, -0.2) is 9.88 Å². The Kier molecular flexibility index (Phi) is 3.95. The van der Waals surface area contributed by atoms with Gasteiger partial charge in [-0.2, -0.15) is 0 Å². The van der Waals surface area contributed by atoms with Gasteiger partial charge in [0, 0.05) is 28.6 Å². The summed E-state index contributed by atoms with van der Waals surface area (Å²) in [5.41, 5.74) is 22.4. The second kappa shape index (κ2) is 6.43. The van der Waals surface area contributed by atoms with Crippen LogP contribution in [0.1, 0.15) is 72.2 Å². The molecule has 2 N–H and O–H groups in total. The molecular formula is C28H31N3. The van der Waals surface area contributed by atoms with E-state index in [-0.39, 0.29) is 6.04 Å². The quantitative estimate of drug-likeness (QED) is 0.574. The highest BCUT2D eigenvalue weighted by molar-refractivity contribution is 5.93. The van der Waals surface area contributed by atoms with Gasteiger partial charge in [-0.15, -0.1) is 0 Å². The highest BCUT2D eigenvalue weighted by Gasteiger charge is 2.39. The first-order chi connectivity index (χ1) is 14.9. The third-order valence-corrected chi connectivity index (χ3v) is 8.28. The van der Waals surface area contributed by atoms with Gasteiger partial charge in [0.2, 0.25) is 0 Å². The van der Waals surface area contributed by atoms with Gasteiger partial charge in [-0.05, 0) is 91.5 Å². The van der Waals surface area contributed by atoms with Crippen molar-refractivity contribution in [3.63, 3.8) is 0 Å². The molecule has 0 spiro atoms. The van der Waals surface area contributed by atoms with Crippen LogP contribution in [0.3, 0.4) is 0 Å². The van der Waals surface area contributed by atoms with Crippen LogP contribution in [0.4, 0.5) is 0 Å². The normalized spacial score (nSPS) is 24.4. The van der Waals surface area contributed by atoms with Gasteiger partial charge in [0.05, 0.1) is 23.5 Å². The lowest BCUT2D eigenvalue weighted by atomic mass is 9.75. The van der Waals surface area contributed by atoms with Gasteiger partial charge in [0.1, 0.15) is 0 Å². The number of rotatable bonds is 1. The summed E-state index contributed by atoms with van der Waals surface area (Å²) in [5.74, 6) is 0.428. The molecule has 3 heteroatoms. The van der Waals surface area contributed by atoms with Crippen LogP contribution in [0.15, 0.2) is 47.7 Å². The molecule has 3 heterocycles. The van der Waals surface area contributed by atoms with E-state index in [1.54, 1.807) is 0 Å². The summed E-state index contributed by atoms with van der Waals surface area (Å²) in [5, 5.41) is 1.32. The average Bonchev–Trinajstić information content (AvgIpc) is 3.11. The Morgan fingerprint density at radius 2 is 1.97 bits per heavy atom. The molecule has 31 heavy (non-hydrogen) atoms. The Morgan fingerprint density at radius 1 is 1.16 bits per heavy atom. The molecule has 158 valence electrons. The number of nitrogens with zero attached hydrogens (tertiary/aromatic N) is 2. The van der Waals surface area contributed by atoms with Crippen LogP contribution in [0.25, 0.3) is 16.6 Å². The van der Waals surface area contributed by atoms with Gasteiger partial charge in [-0.1, -0.05) is 25.7 Å². The van der Waals surface area contributed by atoms with E-state index < -0.39 is 0 Å². The van der Waals surface area contributed by atoms with Crippen LogP contribution >= 0.6 is 0 Å². The van der Waals surface area contributed by atoms with Crippen LogP contribution in [-0.2, 0) is 13.0 Å². The number of allylic oxidation sites excluding steroid dienone is 4. The molecule has 1 aromatic carbocycles. The van der Waals surface area contributed by atoms with E-state index in [4.69, 9.17) is 10.7 Å². The zero-order valence-corrected chi connectivity index (χ0v) is 18.9. The molecule has 0 saturated heterocycles. The van der Waals surface area contributed by atoms with E-state index >= 15 is 0 Å². The third kappa shape index (κ3) is 2.41. The van der Waals surface area contributed by atoms with Gasteiger partial charge in [-0.3, -0.25) is 0 Å². The smallest absolute Gasteiger partial charge is 0.0927 e. The first-order valence-electron chi connectivity index (χ1n) is 11.7. The second-order valence-electron chi connectivity index (χ2n) is 9.80. The number of aromatic nitrogens is 1. The van der Waals surface area contributed by atoms with Gasteiger partial charge < -0.3 is 10.6 Å². The van der Waals surface area contributed by atoms with Crippen LogP contribution in [0.5, 0.6) is 0 Å². The molecule has 3 nitrogen and oxygen atoms in total. The number of benzene rings is 1. The lowest BCUT2D eigenvalue weighted by Crippen LogP contribution is -2.25. The molecular weight excluding hydrogens is 378 g/mol. The summed E-state index contributed by atoms with van der Waals surface area (Å²) in [6.07, 6.45) is 7.66. The maximum atomic E-state index is 6.76. The van der Waals surface area contributed by atoms with Crippen molar-refractivity contribution in [3.05, 3.63) is 81.2 Å². The van der Waals surface area contributed by atoms with E-state index in [2.05, 4.69) is 51.0 Å².